The molecular formula is C28H27F3N4O4. The Morgan fingerprint density at radius 3 is 2.41 bits per heavy atom. The molecule has 1 unspecified atom stereocenters. The summed E-state index contributed by atoms with van der Waals surface area (Å²) in [6, 6.07) is 18.0. The van der Waals surface area contributed by atoms with Gasteiger partial charge in [-0.1, -0.05) is 36.4 Å². The Kier molecular flexibility index (Phi) is 7.28. The van der Waals surface area contributed by atoms with Crippen LogP contribution in [0.25, 0.3) is 10.9 Å². The Balaban J connectivity index is 1.45. The molecule has 0 spiro atoms. The summed E-state index contributed by atoms with van der Waals surface area (Å²) in [5, 5.41) is 22.9. The van der Waals surface area contributed by atoms with Crippen molar-refractivity contribution >= 4 is 16.6 Å². The van der Waals surface area contributed by atoms with Crippen molar-refractivity contribution in [2.45, 2.75) is 37.3 Å². The third kappa shape index (κ3) is 5.59. The first-order chi connectivity index (χ1) is 18.6. The largest absolute Gasteiger partial charge is 0.474 e. The van der Waals surface area contributed by atoms with Crippen molar-refractivity contribution < 1.29 is 27.9 Å². The lowest BCUT2D eigenvalue weighted by Crippen LogP contribution is -2.53. The fourth-order valence-electron chi connectivity index (χ4n) is 5.06. The van der Waals surface area contributed by atoms with E-state index in [1.807, 2.05) is 18.2 Å². The van der Waals surface area contributed by atoms with Crippen LogP contribution in [0.15, 0.2) is 79.1 Å². The highest BCUT2D eigenvalue weighted by atomic mass is 19.4. The van der Waals surface area contributed by atoms with E-state index in [2.05, 4.69) is 4.98 Å². The molecule has 39 heavy (non-hydrogen) atoms. The summed E-state index contributed by atoms with van der Waals surface area (Å²) < 4.78 is 51.3. The van der Waals surface area contributed by atoms with Crippen LogP contribution in [0, 0.1) is 10.1 Å². The highest BCUT2D eigenvalue weighted by Crippen LogP contribution is 2.44. The summed E-state index contributed by atoms with van der Waals surface area (Å²) in [7, 11) is 0. The van der Waals surface area contributed by atoms with Gasteiger partial charge in [-0.25, -0.2) is 4.98 Å². The molecule has 1 aliphatic heterocycles. The predicted octanol–water partition coefficient (Wildman–Crippen LogP) is 5.29. The number of alkyl halides is 3. The average Bonchev–Trinajstić information content (AvgIpc) is 3.28. The van der Waals surface area contributed by atoms with Crippen LogP contribution in [0.5, 0.6) is 5.88 Å². The maximum Gasteiger partial charge on any atom is 0.422 e. The van der Waals surface area contributed by atoms with Gasteiger partial charge in [0.2, 0.25) is 11.5 Å². The van der Waals surface area contributed by atoms with Crippen LogP contribution in [0.1, 0.15) is 24.0 Å². The summed E-state index contributed by atoms with van der Waals surface area (Å²) >= 11 is 0. The van der Waals surface area contributed by atoms with Crippen molar-refractivity contribution in [2.24, 2.45) is 0 Å². The molecule has 2 aromatic heterocycles. The molecule has 2 aromatic carbocycles. The molecule has 0 amide bonds. The minimum absolute atomic E-state index is 0.115. The zero-order valence-corrected chi connectivity index (χ0v) is 20.9. The molecule has 5 rings (SSSR count). The number of fused-ring (bicyclic) bond motifs is 1. The number of hydrogen-bond donors (Lipinski definition) is 1. The lowest BCUT2D eigenvalue weighted by molar-refractivity contribution is -0.384. The number of nitro benzene ring substituents is 1. The summed E-state index contributed by atoms with van der Waals surface area (Å²) in [5.41, 5.74) is -2.72. The number of likely N-dealkylation sites (tertiary alicyclic amines) is 1. The van der Waals surface area contributed by atoms with Crippen LogP contribution in [0.2, 0.25) is 0 Å². The Morgan fingerprint density at radius 2 is 1.77 bits per heavy atom. The number of benzene rings is 2. The minimum atomic E-state index is -5.00. The zero-order valence-electron chi connectivity index (χ0n) is 20.9. The fourth-order valence-corrected chi connectivity index (χ4v) is 5.06. The van der Waals surface area contributed by atoms with Gasteiger partial charge in [-0.15, -0.1) is 0 Å². The number of piperidine rings is 1. The van der Waals surface area contributed by atoms with Crippen LogP contribution in [-0.2, 0) is 12.1 Å². The summed E-state index contributed by atoms with van der Waals surface area (Å²) in [6.45, 7) is 0.102. The highest BCUT2D eigenvalue weighted by Gasteiger charge is 2.57. The summed E-state index contributed by atoms with van der Waals surface area (Å²) in [5.74, 6) is 0.461. The molecule has 1 fully saturated rings. The van der Waals surface area contributed by atoms with Crippen LogP contribution in [-0.4, -0.2) is 56.4 Å². The van der Waals surface area contributed by atoms with Crippen molar-refractivity contribution in [1.29, 1.82) is 0 Å². The van der Waals surface area contributed by atoms with Crippen LogP contribution in [0.3, 0.4) is 0 Å². The van der Waals surface area contributed by atoms with Crippen LogP contribution in [0.4, 0.5) is 18.9 Å². The number of halogens is 3. The van der Waals surface area contributed by atoms with Crippen molar-refractivity contribution in [1.82, 2.24) is 14.5 Å². The van der Waals surface area contributed by atoms with E-state index in [-0.39, 0.29) is 34.8 Å². The van der Waals surface area contributed by atoms with Gasteiger partial charge in [-0.05, 0) is 30.5 Å². The highest BCUT2D eigenvalue weighted by molar-refractivity contribution is 5.87. The molecule has 3 heterocycles. The van der Waals surface area contributed by atoms with Gasteiger partial charge in [0.25, 0.3) is 5.69 Å². The lowest BCUT2D eigenvalue weighted by atomic mass is 9.91. The Morgan fingerprint density at radius 1 is 1.05 bits per heavy atom. The molecule has 1 atom stereocenters. The van der Waals surface area contributed by atoms with Crippen LogP contribution < -0.4 is 4.74 Å². The second-order valence-electron chi connectivity index (χ2n) is 9.73. The minimum Gasteiger partial charge on any atom is -0.474 e. The van der Waals surface area contributed by atoms with Crippen molar-refractivity contribution in [3.63, 3.8) is 0 Å². The number of pyridine rings is 1. The maximum atomic E-state index is 14.7. The predicted molar refractivity (Wildman–Crippen MR) is 138 cm³/mol. The molecule has 0 aliphatic carbocycles. The fraction of sp³-hybridized carbons (Fsp3) is 0.321. The smallest absolute Gasteiger partial charge is 0.422 e. The monoisotopic (exact) mass is 540 g/mol. The number of nitrogens with zero attached hydrogens (tertiary/aromatic N) is 4. The molecule has 204 valence electrons. The van der Waals surface area contributed by atoms with E-state index < -0.39 is 23.2 Å². The van der Waals surface area contributed by atoms with Gasteiger partial charge in [0.1, 0.15) is 6.10 Å². The second kappa shape index (κ2) is 10.7. The first kappa shape index (κ1) is 26.6. The van der Waals surface area contributed by atoms with Gasteiger partial charge < -0.3 is 14.4 Å². The van der Waals surface area contributed by atoms with E-state index in [0.29, 0.717) is 31.8 Å². The van der Waals surface area contributed by atoms with E-state index in [0.717, 1.165) is 11.6 Å². The zero-order chi connectivity index (χ0) is 27.6. The molecular weight excluding hydrogens is 513 g/mol. The molecule has 1 N–H and O–H groups in total. The number of nitro groups is 1. The Hall–Kier alpha value is -3.96. The third-order valence-corrected chi connectivity index (χ3v) is 7.10. The Labute approximate surface area is 222 Å². The SMILES string of the molecule is O=[N+]([O-])c1ccc2c(C(O)(CN3CCC(Oc4ccccn4)CC3)C(F)(F)F)cn(Cc3ccccc3)c2c1. The van der Waals surface area contributed by atoms with Crippen molar-refractivity contribution in [3.05, 3.63) is 100 Å². The van der Waals surface area contributed by atoms with Crippen molar-refractivity contribution in [3.8, 4) is 5.88 Å². The lowest BCUT2D eigenvalue weighted by Gasteiger charge is -2.38. The number of aromatic nitrogens is 2. The number of ether oxygens (including phenoxy) is 1. The molecule has 1 saturated heterocycles. The summed E-state index contributed by atoms with van der Waals surface area (Å²) in [6.07, 6.45) is -1.35. The van der Waals surface area contributed by atoms with Gasteiger partial charge in [-0.2, -0.15) is 13.2 Å². The van der Waals surface area contributed by atoms with Gasteiger partial charge in [0.15, 0.2) is 0 Å². The number of β-amino-alcohol motifs (C(OH)–C–C–N with tert-alkyl or cyclic N) is 1. The topological polar surface area (TPSA) is 93.7 Å². The number of aliphatic hydroxyl groups is 1. The molecule has 0 saturated carbocycles. The average molecular weight is 541 g/mol. The van der Waals surface area contributed by atoms with Gasteiger partial charge in [-0.3, -0.25) is 15.0 Å². The van der Waals surface area contributed by atoms with E-state index in [4.69, 9.17) is 4.74 Å². The van der Waals surface area contributed by atoms with Gasteiger partial charge >= 0.3 is 6.18 Å². The molecule has 4 aromatic rings. The second-order valence-corrected chi connectivity index (χ2v) is 9.73. The van der Waals surface area contributed by atoms with Gasteiger partial charge in [0, 0.05) is 67.7 Å². The van der Waals surface area contributed by atoms with Crippen molar-refractivity contribution in [2.75, 3.05) is 19.6 Å². The van der Waals surface area contributed by atoms with E-state index >= 15 is 0 Å². The molecule has 0 bridgehead atoms. The van der Waals surface area contributed by atoms with Crippen LogP contribution >= 0.6 is 0 Å². The summed E-state index contributed by atoms with van der Waals surface area (Å²) in [4.78, 5) is 16.6. The molecule has 8 nitrogen and oxygen atoms in total. The first-order valence-corrected chi connectivity index (χ1v) is 12.5. The van der Waals surface area contributed by atoms with E-state index in [9.17, 15) is 28.4 Å². The molecule has 1 aliphatic rings. The number of non-ortho nitro benzene ring substituents is 1. The number of rotatable bonds is 8. The van der Waals surface area contributed by atoms with E-state index in [1.54, 1.807) is 41.4 Å². The quantitative estimate of drug-likeness (QED) is 0.241. The molecule has 0 radical (unpaired) electrons. The number of hydrogen-bond acceptors (Lipinski definition) is 6. The normalized spacial score (nSPS) is 16.7. The van der Waals surface area contributed by atoms with Gasteiger partial charge in [0.05, 0.1) is 10.4 Å². The third-order valence-electron chi connectivity index (χ3n) is 7.10. The Bertz CT molecular complexity index is 1440. The maximum absolute atomic E-state index is 14.7. The first-order valence-electron chi connectivity index (χ1n) is 12.5. The molecule has 11 heteroatoms. The van der Waals surface area contributed by atoms with E-state index in [1.165, 1.54) is 22.9 Å². The standard InChI is InChI=1S/C28H27F3N4O4/c29-28(30,31)27(36,19-33-14-11-22(12-15-33)39-26-8-4-5-13-32-26)24-18-34(17-20-6-2-1-3-7-20)25-16-21(35(37)38)9-10-23(24)25/h1-10,13,16,18,22,36H,11-12,14-15,17,19H2.